The molecule has 0 atom stereocenters. The summed E-state index contributed by atoms with van der Waals surface area (Å²) in [5, 5.41) is 8.53. The number of aromatic nitrogens is 1. The lowest BCUT2D eigenvalue weighted by Crippen LogP contribution is -1.95. The molecule has 5 nitrogen and oxygen atoms in total. The van der Waals surface area contributed by atoms with Gasteiger partial charge >= 0.3 is 11.7 Å². The van der Waals surface area contributed by atoms with E-state index < -0.39 is 11.7 Å². The summed E-state index contributed by atoms with van der Waals surface area (Å²) in [5.41, 5.74) is 0. The van der Waals surface area contributed by atoms with Crippen molar-refractivity contribution in [2.24, 2.45) is 0 Å². The average Bonchev–Trinajstić information content (AvgIpc) is 1.97. The lowest BCUT2D eigenvalue weighted by molar-refractivity contribution is 0.356. The highest BCUT2D eigenvalue weighted by atomic mass is 32.1. The third kappa shape index (κ3) is 1.65. The Morgan fingerprint density at radius 1 is 1.67 bits per heavy atom. The third-order valence-electron chi connectivity index (χ3n) is 0.543. The SMILES string of the molecule is O=c1[nH]cc(O)oso1. The van der Waals surface area contributed by atoms with E-state index in [1.165, 1.54) is 0 Å². The summed E-state index contributed by atoms with van der Waals surface area (Å²) in [4.78, 5) is 12.3. The second-order valence-corrected chi connectivity index (χ2v) is 1.62. The van der Waals surface area contributed by atoms with Crippen molar-refractivity contribution in [2.75, 3.05) is 0 Å². The fraction of sp³-hybridized carbons (Fsp3) is 0. The van der Waals surface area contributed by atoms with Crippen molar-refractivity contribution in [3.63, 3.8) is 0 Å². The van der Waals surface area contributed by atoms with Crippen LogP contribution in [0.5, 0.6) is 5.95 Å². The van der Waals surface area contributed by atoms with Crippen LogP contribution in [0.3, 0.4) is 0 Å². The van der Waals surface area contributed by atoms with Crippen LogP contribution in [0.15, 0.2) is 18.7 Å². The van der Waals surface area contributed by atoms with Gasteiger partial charge in [-0.05, 0) is 0 Å². The number of rotatable bonds is 0. The maximum Gasteiger partial charge on any atom is 0.430 e. The number of hydrogen-bond donors (Lipinski definition) is 2. The van der Waals surface area contributed by atoms with Crippen molar-refractivity contribution < 1.29 is 12.8 Å². The first-order valence-electron chi connectivity index (χ1n) is 2.00. The van der Waals surface area contributed by atoms with Crippen molar-refractivity contribution in [1.82, 2.24) is 4.98 Å². The van der Waals surface area contributed by atoms with Crippen molar-refractivity contribution in [3.05, 3.63) is 16.7 Å². The Labute approximate surface area is 53.3 Å². The molecular weight excluding hydrogens is 146 g/mol. The van der Waals surface area contributed by atoms with Gasteiger partial charge < -0.3 is 12.8 Å². The molecule has 1 aromatic heterocycles. The molecule has 0 saturated carbocycles. The molecule has 9 heavy (non-hydrogen) atoms. The minimum Gasteiger partial charge on any atom is -0.479 e. The minimum atomic E-state index is -0.677. The van der Waals surface area contributed by atoms with Crippen LogP contribution in [-0.2, 0) is 0 Å². The van der Waals surface area contributed by atoms with Gasteiger partial charge in [-0.25, -0.2) is 4.79 Å². The zero-order valence-corrected chi connectivity index (χ0v) is 4.97. The van der Waals surface area contributed by atoms with E-state index in [9.17, 15) is 4.79 Å². The van der Waals surface area contributed by atoms with E-state index in [0.29, 0.717) is 11.9 Å². The van der Waals surface area contributed by atoms with Gasteiger partial charge in [0.2, 0.25) is 11.9 Å². The van der Waals surface area contributed by atoms with E-state index in [1.54, 1.807) is 0 Å². The predicted molar refractivity (Wildman–Crippen MR) is 28.8 cm³/mol. The van der Waals surface area contributed by atoms with Gasteiger partial charge in [0, 0.05) is 0 Å². The number of nitrogens with one attached hydrogen (secondary N) is 1. The zero-order chi connectivity index (χ0) is 6.69. The topological polar surface area (TPSA) is 79.4 Å². The van der Waals surface area contributed by atoms with Gasteiger partial charge in [-0.15, -0.1) is 0 Å². The summed E-state index contributed by atoms with van der Waals surface area (Å²) in [7, 11) is 0. The molecule has 0 aromatic carbocycles. The molecule has 0 bridgehead atoms. The molecule has 0 radical (unpaired) electrons. The lowest BCUT2D eigenvalue weighted by atomic mass is 10.9. The quantitative estimate of drug-likeness (QED) is 0.561. The van der Waals surface area contributed by atoms with Gasteiger partial charge in [0.1, 0.15) is 0 Å². The van der Waals surface area contributed by atoms with Gasteiger partial charge in [0.15, 0.2) is 0 Å². The van der Waals surface area contributed by atoms with Crippen molar-refractivity contribution in [3.8, 4) is 5.95 Å². The second kappa shape index (κ2) is 2.40. The Hall–Kier alpha value is -1.17. The van der Waals surface area contributed by atoms with Crippen LogP contribution in [-0.4, -0.2) is 10.1 Å². The molecule has 0 saturated heterocycles. The van der Waals surface area contributed by atoms with E-state index >= 15 is 0 Å². The summed E-state index contributed by atoms with van der Waals surface area (Å²) in [6, 6.07) is 0. The van der Waals surface area contributed by atoms with Gasteiger partial charge in [0.05, 0.1) is 6.20 Å². The van der Waals surface area contributed by atoms with Crippen molar-refractivity contribution >= 4 is 11.9 Å². The van der Waals surface area contributed by atoms with Crippen LogP contribution in [0, 0.1) is 0 Å². The molecule has 0 aliphatic heterocycles. The minimum absolute atomic E-state index is 0.397. The lowest BCUT2D eigenvalue weighted by Gasteiger charge is -1.71. The maximum atomic E-state index is 10.2. The van der Waals surface area contributed by atoms with E-state index in [4.69, 9.17) is 5.11 Å². The summed E-state index contributed by atoms with van der Waals surface area (Å²) < 4.78 is 8.51. The third-order valence-corrected chi connectivity index (χ3v) is 1.00. The van der Waals surface area contributed by atoms with Crippen molar-refractivity contribution in [2.45, 2.75) is 0 Å². The molecule has 0 spiro atoms. The van der Waals surface area contributed by atoms with E-state index in [-0.39, 0.29) is 0 Å². The Morgan fingerprint density at radius 2 is 2.44 bits per heavy atom. The first-order valence-corrected chi connectivity index (χ1v) is 2.66. The Morgan fingerprint density at radius 3 is 3.22 bits per heavy atom. The van der Waals surface area contributed by atoms with E-state index in [0.717, 1.165) is 6.20 Å². The molecule has 6 heteroatoms. The molecule has 0 unspecified atom stereocenters. The first-order chi connectivity index (χ1) is 4.29. The summed E-state index contributed by atoms with van der Waals surface area (Å²) >= 11 is 0.402. The van der Waals surface area contributed by atoms with Crippen LogP contribution >= 0.6 is 11.9 Å². The molecule has 0 amide bonds. The Bertz CT molecular complexity index is 264. The highest BCUT2D eigenvalue weighted by molar-refractivity contribution is 6.93. The second-order valence-electron chi connectivity index (χ2n) is 1.15. The molecule has 50 valence electrons. The van der Waals surface area contributed by atoms with Crippen LogP contribution in [0.4, 0.5) is 0 Å². The van der Waals surface area contributed by atoms with Gasteiger partial charge in [-0.3, -0.25) is 4.98 Å². The van der Waals surface area contributed by atoms with Gasteiger partial charge in [0.25, 0.3) is 0 Å². The van der Waals surface area contributed by atoms with E-state index in [1.807, 2.05) is 0 Å². The van der Waals surface area contributed by atoms with Gasteiger partial charge in [-0.1, -0.05) is 0 Å². The number of H-pyrrole nitrogens is 1. The highest BCUT2D eigenvalue weighted by Crippen LogP contribution is 2.02. The normalized spacial score (nSPS) is 8.89. The molecule has 1 heterocycles. The van der Waals surface area contributed by atoms with Crippen LogP contribution in [0.2, 0.25) is 0 Å². The predicted octanol–water partition coefficient (Wildman–Crippen LogP) is 0.452. The molecule has 0 fully saturated rings. The standard InChI is InChI=1S/C3H3NO4S/c5-2-1-4-3(6)8-9-7-2/h1,5H,(H,4,6). The smallest absolute Gasteiger partial charge is 0.430 e. The highest BCUT2D eigenvalue weighted by Gasteiger charge is 1.84. The fourth-order valence-electron chi connectivity index (χ4n) is 0.252. The number of aromatic amines is 1. The largest absolute Gasteiger partial charge is 0.479 e. The summed E-state index contributed by atoms with van der Waals surface area (Å²) in [6.45, 7) is 0. The average molecular weight is 149 g/mol. The monoisotopic (exact) mass is 149 g/mol. The molecular formula is C3H3NO4S. The molecule has 1 rings (SSSR count). The van der Waals surface area contributed by atoms with Crippen LogP contribution in [0.1, 0.15) is 0 Å². The molecule has 1 aromatic rings. The van der Waals surface area contributed by atoms with E-state index in [2.05, 4.69) is 12.7 Å². The molecule has 2 N–H and O–H groups in total. The van der Waals surface area contributed by atoms with Gasteiger partial charge in [-0.2, -0.15) is 0 Å². The zero-order valence-electron chi connectivity index (χ0n) is 4.16. The van der Waals surface area contributed by atoms with Crippen LogP contribution < -0.4 is 5.76 Å². The number of hydrogen-bond acceptors (Lipinski definition) is 5. The fourth-order valence-corrected chi connectivity index (χ4v) is 0.513. The Kier molecular flexibility index (Phi) is 1.59. The summed E-state index contributed by atoms with van der Waals surface area (Å²) in [5.74, 6) is -1.07. The van der Waals surface area contributed by atoms with Crippen molar-refractivity contribution in [1.29, 1.82) is 0 Å². The summed E-state index contributed by atoms with van der Waals surface area (Å²) in [6.07, 6.45) is 0.988. The molecule has 0 aliphatic carbocycles. The first kappa shape index (κ1) is 5.96. The van der Waals surface area contributed by atoms with Crippen LogP contribution in [0.25, 0.3) is 0 Å². The molecule has 0 aliphatic rings. The Balaban J connectivity index is 3.33. The number of aromatic hydroxyl groups is 1. The maximum absolute atomic E-state index is 10.2.